The summed E-state index contributed by atoms with van der Waals surface area (Å²) in [5, 5.41) is 57.3. The van der Waals surface area contributed by atoms with Crippen LogP contribution in [-0.2, 0) is 14.3 Å². The summed E-state index contributed by atoms with van der Waals surface area (Å²) in [6.45, 7) is -2.25. The molecule has 0 spiro atoms. The fourth-order valence-corrected chi connectivity index (χ4v) is 1.44. The van der Waals surface area contributed by atoms with Gasteiger partial charge in [0.05, 0.1) is 26.4 Å². The van der Waals surface area contributed by atoms with Gasteiger partial charge in [-0.05, 0) is 0 Å². The van der Waals surface area contributed by atoms with Crippen LogP contribution >= 0.6 is 0 Å². The van der Waals surface area contributed by atoms with Gasteiger partial charge in [0, 0.05) is 6.54 Å². The second kappa shape index (κ2) is 11.8. The number of aliphatic hydroxyl groups is 6. The Morgan fingerprint density at radius 2 is 1.67 bits per heavy atom. The zero-order valence-corrected chi connectivity index (χ0v) is 11.4. The summed E-state index contributed by atoms with van der Waals surface area (Å²) in [5.41, 5.74) is 0. The smallest absolute Gasteiger partial charge is 0.207 e. The molecule has 0 aromatic carbocycles. The Labute approximate surface area is 121 Å². The number of rotatable bonds is 13. The van der Waals surface area contributed by atoms with Crippen LogP contribution in [-0.4, -0.2) is 101 Å². The van der Waals surface area contributed by atoms with Gasteiger partial charge >= 0.3 is 0 Å². The molecule has 1 amide bonds. The topological polar surface area (TPSA) is 169 Å². The van der Waals surface area contributed by atoms with Crippen molar-refractivity contribution < 1.29 is 44.9 Å². The highest BCUT2D eigenvalue weighted by Gasteiger charge is 2.31. The summed E-state index contributed by atoms with van der Waals surface area (Å²) in [5.74, 6) is 0. The number of aliphatic hydroxyl groups excluding tert-OH is 6. The van der Waals surface area contributed by atoms with E-state index in [0.717, 1.165) is 0 Å². The Hall–Kier alpha value is -0.850. The number of hydrogen-bond acceptors (Lipinski definition) is 9. The third-order valence-electron chi connectivity index (χ3n) is 2.55. The maximum atomic E-state index is 10.3. The van der Waals surface area contributed by atoms with Gasteiger partial charge in [0.2, 0.25) is 6.41 Å². The van der Waals surface area contributed by atoms with E-state index >= 15 is 0 Å². The molecule has 0 rings (SSSR count). The van der Waals surface area contributed by atoms with Crippen LogP contribution in [0.25, 0.3) is 0 Å². The van der Waals surface area contributed by atoms with Crippen molar-refractivity contribution in [1.82, 2.24) is 5.32 Å². The molecule has 0 heterocycles. The molecule has 0 bridgehead atoms. The molecule has 0 aromatic rings. The van der Waals surface area contributed by atoms with E-state index in [1.807, 2.05) is 0 Å². The molecular formula is C11H23NO9. The summed E-state index contributed by atoms with van der Waals surface area (Å²) >= 11 is 0. The van der Waals surface area contributed by atoms with E-state index in [2.05, 4.69) is 5.32 Å². The van der Waals surface area contributed by atoms with Gasteiger partial charge in [-0.2, -0.15) is 0 Å². The van der Waals surface area contributed by atoms with Crippen molar-refractivity contribution in [3.8, 4) is 0 Å². The predicted molar refractivity (Wildman–Crippen MR) is 68.0 cm³/mol. The first kappa shape index (κ1) is 20.1. The van der Waals surface area contributed by atoms with Crippen LogP contribution in [0.3, 0.4) is 0 Å². The summed E-state index contributed by atoms with van der Waals surface area (Å²) in [6.07, 6.45) is -6.86. The van der Waals surface area contributed by atoms with Crippen LogP contribution in [0.4, 0.5) is 0 Å². The third kappa shape index (κ3) is 7.64. The number of carbonyl (C=O) groups is 1. The Kier molecular flexibility index (Phi) is 11.3. The van der Waals surface area contributed by atoms with Gasteiger partial charge in [0.25, 0.3) is 0 Å². The lowest BCUT2D eigenvalue weighted by Crippen LogP contribution is -2.50. The summed E-state index contributed by atoms with van der Waals surface area (Å²) in [6, 6.07) is 0. The lowest BCUT2D eigenvalue weighted by Gasteiger charge is -2.31. The van der Waals surface area contributed by atoms with E-state index in [9.17, 15) is 20.1 Å². The summed E-state index contributed by atoms with van der Waals surface area (Å²) in [4.78, 5) is 10.3. The molecule has 10 nitrogen and oxygen atoms in total. The van der Waals surface area contributed by atoms with Crippen LogP contribution in [0.2, 0.25) is 0 Å². The first-order chi connectivity index (χ1) is 10.0. The largest absolute Gasteiger partial charge is 0.394 e. The lowest BCUT2D eigenvalue weighted by molar-refractivity contribution is -0.244. The van der Waals surface area contributed by atoms with E-state index in [1.165, 1.54) is 0 Å². The Bertz CT molecular complexity index is 268. The molecule has 2 unspecified atom stereocenters. The molecule has 0 radical (unpaired) electrons. The molecule has 0 saturated carbocycles. The molecule has 10 heteroatoms. The van der Waals surface area contributed by atoms with Gasteiger partial charge in [-0.15, -0.1) is 0 Å². The van der Waals surface area contributed by atoms with E-state index < -0.39 is 43.9 Å². The number of hydrogen-bond donors (Lipinski definition) is 7. The minimum absolute atomic E-state index is 0.200. The van der Waals surface area contributed by atoms with E-state index in [4.69, 9.17) is 24.8 Å². The number of ether oxygens (including phenoxy) is 2. The van der Waals surface area contributed by atoms with Gasteiger partial charge < -0.3 is 45.4 Å². The number of nitrogens with one attached hydrogen (secondary N) is 1. The molecule has 0 saturated heterocycles. The quantitative estimate of drug-likeness (QED) is 0.131. The molecule has 0 aliphatic rings. The van der Waals surface area contributed by atoms with Gasteiger partial charge in [-0.1, -0.05) is 0 Å². The van der Waals surface area contributed by atoms with Crippen molar-refractivity contribution >= 4 is 6.41 Å². The molecular weight excluding hydrogens is 290 g/mol. The lowest BCUT2D eigenvalue weighted by atomic mass is 10.1. The monoisotopic (exact) mass is 313 g/mol. The summed E-state index contributed by atoms with van der Waals surface area (Å²) < 4.78 is 10.2. The highest BCUT2D eigenvalue weighted by atomic mass is 16.7. The van der Waals surface area contributed by atoms with Crippen LogP contribution in [0.1, 0.15) is 0 Å². The van der Waals surface area contributed by atoms with Crippen LogP contribution < -0.4 is 5.32 Å². The molecule has 0 fully saturated rings. The van der Waals surface area contributed by atoms with Crippen molar-refractivity contribution in [1.29, 1.82) is 0 Å². The Morgan fingerprint density at radius 3 is 2.14 bits per heavy atom. The average Bonchev–Trinajstić information content (AvgIpc) is 2.51. The number of amides is 1. The molecule has 7 N–H and O–H groups in total. The maximum Gasteiger partial charge on any atom is 0.207 e. The van der Waals surface area contributed by atoms with E-state index in [0.29, 0.717) is 6.41 Å². The van der Waals surface area contributed by atoms with Crippen molar-refractivity contribution in [2.45, 2.75) is 30.7 Å². The van der Waals surface area contributed by atoms with Gasteiger partial charge in [0.1, 0.15) is 24.4 Å². The van der Waals surface area contributed by atoms with E-state index in [-0.39, 0.29) is 19.8 Å². The van der Waals surface area contributed by atoms with Crippen molar-refractivity contribution in [3.05, 3.63) is 0 Å². The highest BCUT2D eigenvalue weighted by molar-refractivity contribution is 5.45. The second-order valence-electron chi connectivity index (χ2n) is 4.15. The highest BCUT2D eigenvalue weighted by Crippen LogP contribution is 2.11. The molecule has 5 atom stereocenters. The third-order valence-corrected chi connectivity index (χ3v) is 2.55. The first-order valence-electron chi connectivity index (χ1n) is 6.32. The van der Waals surface area contributed by atoms with Crippen LogP contribution in [0.5, 0.6) is 0 Å². The normalized spacial score (nSPS) is 18.6. The molecule has 0 aliphatic heterocycles. The van der Waals surface area contributed by atoms with Crippen molar-refractivity contribution in [2.24, 2.45) is 0 Å². The molecule has 0 aromatic heterocycles. The molecule has 126 valence electrons. The standard InChI is InChI=1S/C11H23NO9/c13-1-2-20-11(8(18)5-15)21-9(3-12-6-16)10(19)7(17)4-14/h6-11,13-15,17-19H,1-5H2,(H,12,16)/t7?,8?,9-,10-,11+/m1/s1. The minimum Gasteiger partial charge on any atom is -0.394 e. The molecule has 0 aliphatic carbocycles. The van der Waals surface area contributed by atoms with Crippen LogP contribution in [0, 0.1) is 0 Å². The summed E-state index contributed by atoms with van der Waals surface area (Å²) in [7, 11) is 0. The fraction of sp³-hybridized carbons (Fsp3) is 0.909. The molecule has 21 heavy (non-hydrogen) atoms. The SMILES string of the molecule is O=CNC[C@@H](O[C@H](OCCO)C(O)CO)[C@H](O)C(O)CO. The van der Waals surface area contributed by atoms with Crippen LogP contribution in [0.15, 0.2) is 0 Å². The van der Waals surface area contributed by atoms with Gasteiger partial charge in [-0.25, -0.2) is 0 Å². The van der Waals surface area contributed by atoms with E-state index in [1.54, 1.807) is 0 Å². The van der Waals surface area contributed by atoms with Gasteiger partial charge in [-0.3, -0.25) is 4.79 Å². The first-order valence-corrected chi connectivity index (χ1v) is 6.32. The average molecular weight is 313 g/mol. The van der Waals surface area contributed by atoms with Crippen molar-refractivity contribution in [3.63, 3.8) is 0 Å². The minimum atomic E-state index is -1.58. The Balaban J connectivity index is 4.80. The second-order valence-corrected chi connectivity index (χ2v) is 4.15. The fourth-order valence-electron chi connectivity index (χ4n) is 1.44. The predicted octanol–water partition coefficient (Wildman–Crippen LogP) is -4.48. The zero-order valence-electron chi connectivity index (χ0n) is 11.4. The zero-order chi connectivity index (χ0) is 16.3. The van der Waals surface area contributed by atoms with Gasteiger partial charge in [0.15, 0.2) is 6.29 Å². The maximum absolute atomic E-state index is 10.3. The Morgan fingerprint density at radius 1 is 1.05 bits per heavy atom. The number of carbonyl (C=O) groups excluding carboxylic acids is 1. The van der Waals surface area contributed by atoms with Crippen molar-refractivity contribution in [2.75, 3.05) is 33.0 Å².